The van der Waals surface area contributed by atoms with E-state index in [1.807, 2.05) is 24.4 Å². The monoisotopic (exact) mass is 357 g/mol. The first-order valence-corrected chi connectivity index (χ1v) is 9.30. The average Bonchev–Trinajstić information content (AvgIpc) is 2.64. The standard InChI is InChI=1S/C20H24ClN3O/c1-2-17-5-3-4-12-24(17)18-10-11-19(22-14-18)23-20(25)13-15-6-8-16(21)9-7-15/h6-11,14,17H,2-5,12-13H2,1H3,(H,22,23,25). The van der Waals surface area contributed by atoms with Crippen LogP contribution in [0.4, 0.5) is 11.5 Å². The lowest BCUT2D eigenvalue weighted by molar-refractivity contribution is -0.115. The summed E-state index contributed by atoms with van der Waals surface area (Å²) in [5.74, 6) is 0.514. The zero-order valence-electron chi connectivity index (χ0n) is 14.5. The first-order valence-electron chi connectivity index (χ1n) is 8.92. The Balaban J connectivity index is 1.60. The molecule has 1 amide bonds. The van der Waals surface area contributed by atoms with Crippen molar-refractivity contribution in [1.29, 1.82) is 0 Å². The number of nitrogens with zero attached hydrogens (tertiary/aromatic N) is 2. The summed E-state index contributed by atoms with van der Waals surface area (Å²) in [6, 6.07) is 11.8. The van der Waals surface area contributed by atoms with Crippen LogP contribution in [0, 0.1) is 0 Å². The fourth-order valence-electron chi connectivity index (χ4n) is 3.37. The van der Waals surface area contributed by atoms with Crippen molar-refractivity contribution >= 4 is 29.0 Å². The van der Waals surface area contributed by atoms with E-state index in [1.165, 1.54) is 19.3 Å². The minimum atomic E-state index is -0.0769. The molecule has 1 aliphatic rings. The number of piperidine rings is 1. The fourth-order valence-corrected chi connectivity index (χ4v) is 3.50. The lowest BCUT2D eigenvalue weighted by Crippen LogP contribution is -2.39. The third-order valence-corrected chi connectivity index (χ3v) is 4.98. The molecule has 2 aromatic rings. The van der Waals surface area contributed by atoms with Gasteiger partial charge in [-0.2, -0.15) is 0 Å². The van der Waals surface area contributed by atoms with Crippen LogP contribution in [0.1, 0.15) is 38.2 Å². The molecule has 3 rings (SSSR count). The highest BCUT2D eigenvalue weighted by molar-refractivity contribution is 6.30. The second kappa shape index (κ2) is 8.34. The first-order chi connectivity index (χ1) is 12.2. The van der Waals surface area contributed by atoms with Gasteiger partial charge in [-0.05, 0) is 55.5 Å². The molecule has 0 spiro atoms. The van der Waals surface area contributed by atoms with Crippen LogP contribution >= 0.6 is 11.6 Å². The maximum atomic E-state index is 12.2. The molecule has 1 aliphatic heterocycles. The van der Waals surface area contributed by atoms with E-state index in [-0.39, 0.29) is 5.91 Å². The molecule has 132 valence electrons. The Morgan fingerprint density at radius 2 is 2.04 bits per heavy atom. The Labute approximate surface area is 154 Å². The van der Waals surface area contributed by atoms with Crippen LogP contribution in [0.3, 0.4) is 0 Å². The van der Waals surface area contributed by atoms with Gasteiger partial charge in [0.1, 0.15) is 5.82 Å². The van der Waals surface area contributed by atoms with Crippen LogP contribution in [0.25, 0.3) is 0 Å². The van der Waals surface area contributed by atoms with E-state index in [4.69, 9.17) is 11.6 Å². The van der Waals surface area contributed by atoms with Gasteiger partial charge in [0.2, 0.25) is 5.91 Å². The normalized spacial score (nSPS) is 17.4. The van der Waals surface area contributed by atoms with Gasteiger partial charge in [0.05, 0.1) is 18.3 Å². The summed E-state index contributed by atoms with van der Waals surface area (Å²) < 4.78 is 0. The quantitative estimate of drug-likeness (QED) is 0.844. The van der Waals surface area contributed by atoms with Crippen molar-refractivity contribution in [1.82, 2.24) is 4.98 Å². The van der Waals surface area contributed by atoms with Gasteiger partial charge in [-0.3, -0.25) is 4.79 Å². The highest BCUT2D eigenvalue weighted by Gasteiger charge is 2.21. The maximum Gasteiger partial charge on any atom is 0.229 e. The molecular formula is C20H24ClN3O. The highest BCUT2D eigenvalue weighted by atomic mass is 35.5. The van der Waals surface area contributed by atoms with Crippen molar-refractivity contribution in [3.63, 3.8) is 0 Å². The number of aromatic nitrogens is 1. The summed E-state index contributed by atoms with van der Waals surface area (Å²) in [5.41, 5.74) is 2.07. The molecule has 0 bridgehead atoms. The van der Waals surface area contributed by atoms with Crippen molar-refractivity contribution in [2.24, 2.45) is 0 Å². The molecule has 1 aromatic heterocycles. The van der Waals surface area contributed by atoms with Gasteiger partial charge in [-0.1, -0.05) is 30.7 Å². The van der Waals surface area contributed by atoms with Gasteiger partial charge in [-0.15, -0.1) is 0 Å². The van der Waals surface area contributed by atoms with Crippen molar-refractivity contribution in [3.05, 3.63) is 53.2 Å². The van der Waals surface area contributed by atoms with E-state index in [9.17, 15) is 4.79 Å². The van der Waals surface area contributed by atoms with E-state index in [0.717, 1.165) is 24.2 Å². The summed E-state index contributed by atoms with van der Waals surface area (Å²) in [5, 5.41) is 3.53. The molecule has 1 unspecified atom stereocenters. The second-order valence-electron chi connectivity index (χ2n) is 6.50. The molecule has 2 heterocycles. The summed E-state index contributed by atoms with van der Waals surface area (Å²) >= 11 is 5.86. The molecule has 0 aliphatic carbocycles. The Morgan fingerprint density at radius 3 is 2.72 bits per heavy atom. The number of nitrogens with one attached hydrogen (secondary N) is 1. The predicted octanol–water partition coefficient (Wildman–Crippen LogP) is 4.69. The largest absolute Gasteiger partial charge is 0.367 e. The van der Waals surface area contributed by atoms with Gasteiger partial charge in [0.25, 0.3) is 0 Å². The number of anilines is 2. The molecule has 4 nitrogen and oxygen atoms in total. The van der Waals surface area contributed by atoms with Gasteiger partial charge < -0.3 is 10.2 Å². The molecule has 0 saturated carbocycles. The van der Waals surface area contributed by atoms with Crippen LogP contribution < -0.4 is 10.2 Å². The van der Waals surface area contributed by atoms with E-state index in [0.29, 0.717) is 23.3 Å². The van der Waals surface area contributed by atoms with Crippen LogP contribution in [0.15, 0.2) is 42.6 Å². The molecule has 0 radical (unpaired) electrons. The molecule has 1 N–H and O–H groups in total. The fraction of sp³-hybridized carbons (Fsp3) is 0.400. The van der Waals surface area contributed by atoms with Crippen LogP contribution in [-0.4, -0.2) is 23.5 Å². The molecule has 25 heavy (non-hydrogen) atoms. The summed E-state index contributed by atoms with van der Waals surface area (Å²) in [7, 11) is 0. The lowest BCUT2D eigenvalue weighted by Gasteiger charge is -2.37. The van der Waals surface area contributed by atoms with Gasteiger partial charge >= 0.3 is 0 Å². The van der Waals surface area contributed by atoms with Gasteiger partial charge in [0.15, 0.2) is 0 Å². The maximum absolute atomic E-state index is 12.2. The SMILES string of the molecule is CCC1CCCCN1c1ccc(NC(=O)Cc2ccc(Cl)cc2)nc1. The highest BCUT2D eigenvalue weighted by Crippen LogP contribution is 2.26. The van der Waals surface area contributed by atoms with Crippen LogP contribution in [0.5, 0.6) is 0 Å². The van der Waals surface area contributed by atoms with Crippen molar-refractivity contribution in [2.45, 2.75) is 45.1 Å². The number of amides is 1. The number of hydrogen-bond acceptors (Lipinski definition) is 3. The Bertz CT molecular complexity index is 700. The van der Waals surface area contributed by atoms with Crippen molar-refractivity contribution in [2.75, 3.05) is 16.8 Å². The van der Waals surface area contributed by atoms with Gasteiger partial charge in [-0.25, -0.2) is 4.98 Å². The van der Waals surface area contributed by atoms with E-state index in [1.54, 1.807) is 12.1 Å². The second-order valence-corrected chi connectivity index (χ2v) is 6.94. The lowest BCUT2D eigenvalue weighted by atomic mass is 9.99. The first kappa shape index (κ1) is 17.7. The summed E-state index contributed by atoms with van der Waals surface area (Å²) in [6.45, 7) is 3.32. The molecule has 1 atom stereocenters. The van der Waals surface area contributed by atoms with Gasteiger partial charge in [0, 0.05) is 17.6 Å². The van der Waals surface area contributed by atoms with E-state index >= 15 is 0 Å². The minimum absolute atomic E-state index is 0.0769. The van der Waals surface area contributed by atoms with Crippen molar-refractivity contribution in [3.8, 4) is 0 Å². The third kappa shape index (κ3) is 4.73. The summed E-state index contributed by atoms with van der Waals surface area (Å²) in [6.07, 6.45) is 7.11. The zero-order valence-corrected chi connectivity index (χ0v) is 15.3. The van der Waals surface area contributed by atoms with E-state index < -0.39 is 0 Å². The summed E-state index contributed by atoms with van der Waals surface area (Å²) in [4.78, 5) is 19.0. The number of hydrogen-bond donors (Lipinski definition) is 1. The van der Waals surface area contributed by atoms with Crippen LogP contribution in [0.2, 0.25) is 5.02 Å². The average molecular weight is 358 g/mol. The topological polar surface area (TPSA) is 45.2 Å². The Morgan fingerprint density at radius 1 is 1.24 bits per heavy atom. The van der Waals surface area contributed by atoms with E-state index in [2.05, 4.69) is 28.2 Å². The smallest absolute Gasteiger partial charge is 0.229 e. The predicted molar refractivity (Wildman–Crippen MR) is 103 cm³/mol. The molecule has 1 aromatic carbocycles. The number of carbonyl (C=O) groups is 1. The molecule has 1 fully saturated rings. The Hall–Kier alpha value is -2.07. The number of rotatable bonds is 5. The minimum Gasteiger partial charge on any atom is -0.367 e. The molecular weight excluding hydrogens is 334 g/mol. The number of halogens is 1. The number of pyridine rings is 1. The molecule has 1 saturated heterocycles. The van der Waals surface area contributed by atoms with Crippen LogP contribution in [-0.2, 0) is 11.2 Å². The Kier molecular flexibility index (Phi) is 5.92. The number of benzene rings is 1. The number of carbonyl (C=O) groups excluding carboxylic acids is 1. The van der Waals surface area contributed by atoms with Crippen molar-refractivity contribution < 1.29 is 4.79 Å². The molecule has 5 heteroatoms. The third-order valence-electron chi connectivity index (χ3n) is 4.72. The zero-order chi connectivity index (χ0) is 17.6.